The number of nitrogen functional groups attached to an aromatic ring is 2. The zero-order valence-corrected chi connectivity index (χ0v) is 50.7. The van der Waals surface area contributed by atoms with Crippen molar-refractivity contribution in [3.63, 3.8) is 0 Å². The van der Waals surface area contributed by atoms with Crippen molar-refractivity contribution in [2.75, 3.05) is 44.1 Å². The molecule has 9 N–H and O–H groups in total. The summed E-state index contributed by atoms with van der Waals surface area (Å²) < 4.78 is 14.3. The maximum atomic E-state index is 11.4. The third-order valence-electron chi connectivity index (χ3n) is 8.70. The molecule has 1 aliphatic rings. The molecule has 0 spiro atoms. The lowest BCUT2D eigenvalue weighted by molar-refractivity contribution is -0.124. The fourth-order valence-corrected chi connectivity index (χ4v) is 6.94. The number of nitrogens with two attached hydrogens (primary N) is 4. The van der Waals surface area contributed by atoms with Gasteiger partial charge in [0.1, 0.15) is 41.0 Å². The van der Waals surface area contributed by atoms with Gasteiger partial charge in [0.05, 0.1) is 44.9 Å². The quantitative estimate of drug-likeness (QED) is 0.107. The minimum Gasteiger partial charge on any atom is -0.444 e. The number of anilines is 3. The number of pyridine rings is 6. The molecule has 0 atom stereocenters. The average Bonchev–Trinajstić information content (AvgIpc) is 3.36. The predicted molar refractivity (Wildman–Crippen MR) is 309 cm³/mol. The van der Waals surface area contributed by atoms with Gasteiger partial charge in [0, 0.05) is 100 Å². The Hall–Kier alpha value is -5.85. The van der Waals surface area contributed by atoms with Crippen molar-refractivity contribution in [2.45, 2.75) is 79.6 Å². The molecule has 19 nitrogen and oxygen atoms in total. The molecule has 0 radical (unpaired) electrons. The summed E-state index contributed by atoms with van der Waals surface area (Å²) in [7, 11) is 4.12. The van der Waals surface area contributed by atoms with E-state index in [1.807, 2.05) is 57.3 Å². The number of amides is 1. The van der Waals surface area contributed by atoms with Crippen molar-refractivity contribution in [1.29, 1.82) is 15.8 Å². The van der Waals surface area contributed by atoms with Crippen LogP contribution in [-0.2, 0) is 33.9 Å². The highest BCUT2D eigenvalue weighted by Crippen LogP contribution is 2.20. The lowest BCUT2D eigenvalue weighted by atomic mass is 10.2. The van der Waals surface area contributed by atoms with Gasteiger partial charge in [-0.2, -0.15) is 15.8 Å². The van der Waals surface area contributed by atoms with E-state index in [4.69, 9.17) is 48.2 Å². The fraction of sp³-hybridized carbons (Fsp3) is 0.314. The number of hydrogen-bond acceptors (Lipinski definition) is 18. The minimum absolute atomic E-state index is 0.277. The summed E-state index contributed by atoms with van der Waals surface area (Å²) in [6.45, 7) is 14.5. The zero-order valence-electron chi connectivity index (χ0n) is 42.8. The van der Waals surface area contributed by atoms with Gasteiger partial charge in [-0.15, -0.1) is 0 Å². The molecular formula is C51H60Br5N15O4. The van der Waals surface area contributed by atoms with Crippen molar-refractivity contribution in [1.82, 2.24) is 34.8 Å². The number of nitrogens with zero attached hydrogens (tertiary/aromatic N) is 10. The van der Waals surface area contributed by atoms with Crippen LogP contribution in [0.5, 0.6) is 0 Å². The van der Waals surface area contributed by atoms with Gasteiger partial charge in [0.15, 0.2) is 0 Å². The maximum absolute atomic E-state index is 11.4. The third kappa shape index (κ3) is 29.7. The molecule has 0 unspecified atom stereocenters. The Bertz CT molecular complexity index is 2840. The van der Waals surface area contributed by atoms with Crippen molar-refractivity contribution in [3.05, 3.63) is 152 Å². The smallest absolute Gasteiger partial charge is 0.413 e. The first-order chi connectivity index (χ1) is 35.3. The van der Waals surface area contributed by atoms with Gasteiger partial charge < -0.3 is 37.3 Å². The van der Waals surface area contributed by atoms with Crippen LogP contribution in [0.2, 0.25) is 0 Å². The monoisotopic (exact) mass is 1340 g/mol. The second-order valence-electron chi connectivity index (χ2n) is 16.6. The van der Waals surface area contributed by atoms with Gasteiger partial charge in [-0.05, 0) is 194 Å². The number of rotatable bonds is 5. The molecule has 75 heavy (non-hydrogen) atoms. The predicted octanol–water partition coefficient (Wildman–Crippen LogP) is 10.7. The van der Waals surface area contributed by atoms with Crippen molar-refractivity contribution in [3.8, 4) is 18.2 Å². The summed E-state index contributed by atoms with van der Waals surface area (Å²) in [5.41, 5.74) is 29.0. The largest absolute Gasteiger partial charge is 0.444 e. The zero-order chi connectivity index (χ0) is 56.7. The molecular weight excluding hydrogens is 1290 g/mol. The first-order valence-electron chi connectivity index (χ1n) is 22.3. The summed E-state index contributed by atoms with van der Waals surface area (Å²) >= 11 is 16.5. The van der Waals surface area contributed by atoms with E-state index in [9.17, 15) is 9.59 Å². The van der Waals surface area contributed by atoms with E-state index in [-0.39, 0.29) is 5.82 Å². The van der Waals surface area contributed by atoms with Gasteiger partial charge in [-0.3, -0.25) is 25.1 Å². The minimum atomic E-state index is -0.601. The van der Waals surface area contributed by atoms with Gasteiger partial charge in [0.25, 0.3) is 0 Å². The molecule has 0 aliphatic carbocycles. The highest BCUT2D eigenvalue weighted by molar-refractivity contribution is 9.11. The lowest BCUT2D eigenvalue weighted by Crippen LogP contribution is -2.27. The van der Waals surface area contributed by atoms with Gasteiger partial charge in [-0.25, -0.2) is 19.7 Å². The summed E-state index contributed by atoms with van der Waals surface area (Å²) in [4.78, 5) is 47.7. The summed E-state index contributed by atoms with van der Waals surface area (Å²) in [6.07, 6.45) is 10.5. The van der Waals surface area contributed by atoms with Crippen molar-refractivity contribution in [2.24, 2.45) is 11.5 Å². The summed E-state index contributed by atoms with van der Waals surface area (Å²) in [6, 6.07) is 18.1. The Kier molecular flexibility index (Phi) is 32.4. The molecule has 6 aromatic heterocycles. The average molecular weight is 1350 g/mol. The number of Topliss-reactive ketones (excluding diaryl/α,β-unsaturated/α-hetero) is 1. The Morgan fingerprint density at radius 2 is 1.11 bits per heavy atom. The van der Waals surface area contributed by atoms with Crippen LogP contribution in [0.1, 0.15) is 84.1 Å². The molecule has 24 heteroatoms. The Morgan fingerprint density at radius 3 is 1.48 bits per heavy atom. The van der Waals surface area contributed by atoms with E-state index in [1.165, 1.54) is 42.4 Å². The van der Waals surface area contributed by atoms with Crippen LogP contribution in [0.25, 0.3) is 0 Å². The standard InChI is InChI=1S/C11H12BrN3O2.C9H13BrN2.2C7H9BrN2.C6H4BrN3.C6H5N3.C5H8O2/c1-11(2,3)17-10(16)15-9-4-7(5-13)8(12)6-14-9;1-7-4-8(6-12(2)3)9(10)5-11-7;2*1-5-2-6(3-9)7(8)4-10-5;7-5-3-10-6(9)1-4(5)2-8;7-4-5-1-2-9-6(8)3-5;6-5-1-3-7-4-2-5/h4,6H,1-3H3,(H,14,15,16);4-5H,6H2,1-3H3;2*2,4H,3,9H2,1H3;1,3H,(H2,9,10);1-3H,(H2,8,9);1-4H2. The molecule has 0 aromatic carbocycles. The molecule has 1 saturated heterocycles. The van der Waals surface area contributed by atoms with E-state index in [0.717, 1.165) is 48.2 Å². The summed E-state index contributed by atoms with van der Waals surface area (Å²) in [5.74, 6) is 1.36. The van der Waals surface area contributed by atoms with Gasteiger partial charge >= 0.3 is 6.09 Å². The van der Waals surface area contributed by atoms with Crippen LogP contribution in [0, 0.1) is 54.8 Å². The number of ether oxygens (including phenoxy) is 2. The molecule has 1 aliphatic heterocycles. The number of nitriles is 3. The number of halogens is 5. The highest BCUT2D eigenvalue weighted by atomic mass is 79.9. The van der Waals surface area contributed by atoms with Crippen LogP contribution in [-0.4, -0.2) is 79.6 Å². The first kappa shape index (κ1) is 67.2. The molecule has 6 aromatic rings. The van der Waals surface area contributed by atoms with E-state index < -0.39 is 11.7 Å². The second-order valence-corrected chi connectivity index (χ2v) is 20.9. The SMILES string of the molecule is CC(C)(C)OC(=O)Nc1cc(C#N)c(Br)cn1.Cc1cc(CN(C)C)c(Br)cn1.Cc1cc(CN)c(Br)cn1.Cc1cc(CN)c(Br)cn1.N#Cc1cc(N)ncc1Br.N#Cc1ccnc(N)c1.O=C1CCOCC1. The number of hydrogen-bond donors (Lipinski definition) is 5. The van der Waals surface area contributed by atoms with Crippen molar-refractivity contribution < 1.29 is 19.1 Å². The normalized spacial score (nSPS) is 11.0. The molecule has 0 saturated carbocycles. The van der Waals surface area contributed by atoms with E-state index in [2.05, 4.69) is 140 Å². The fourth-order valence-electron chi connectivity index (χ4n) is 5.23. The third-order valence-corrected chi connectivity index (χ3v) is 12.1. The molecule has 7 heterocycles. The molecule has 1 amide bonds. The number of aryl methyl sites for hydroxylation is 3. The van der Waals surface area contributed by atoms with Crippen LogP contribution in [0.4, 0.5) is 22.2 Å². The van der Waals surface area contributed by atoms with Crippen LogP contribution in [0.15, 0.2) is 102 Å². The van der Waals surface area contributed by atoms with Crippen LogP contribution < -0.4 is 28.3 Å². The Morgan fingerprint density at radius 1 is 0.667 bits per heavy atom. The Labute approximate surface area is 480 Å². The van der Waals surface area contributed by atoms with E-state index in [0.29, 0.717) is 82.2 Å². The van der Waals surface area contributed by atoms with E-state index in [1.54, 1.807) is 39.2 Å². The molecule has 398 valence electrons. The maximum Gasteiger partial charge on any atom is 0.413 e. The first-order valence-corrected chi connectivity index (χ1v) is 26.3. The number of carbonyl (C=O) groups excluding carboxylic acids is 2. The molecule has 1 fully saturated rings. The lowest BCUT2D eigenvalue weighted by Gasteiger charge is -2.19. The topological polar surface area (TPSA) is 321 Å². The summed E-state index contributed by atoms with van der Waals surface area (Å²) in [5, 5.41) is 28.1. The number of nitrogens with one attached hydrogen (secondary N) is 1. The number of aromatic nitrogens is 6. The van der Waals surface area contributed by atoms with E-state index >= 15 is 0 Å². The van der Waals surface area contributed by atoms with Crippen molar-refractivity contribution >= 4 is 109 Å². The van der Waals surface area contributed by atoms with Crippen LogP contribution in [0.3, 0.4) is 0 Å². The molecule has 0 bridgehead atoms. The second kappa shape index (κ2) is 36.2. The van der Waals surface area contributed by atoms with Crippen LogP contribution >= 0.6 is 79.6 Å². The van der Waals surface area contributed by atoms with Gasteiger partial charge in [0.2, 0.25) is 0 Å². The number of ketones is 1. The van der Waals surface area contributed by atoms with Gasteiger partial charge in [-0.1, -0.05) is 0 Å². The number of carbonyl (C=O) groups is 2. The Balaban J connectivity index is 0.000000444. The molecule has 7 rings (SSSR count). The highest BCUT2D eigenvalue weighted by Gasteiger charge is 2.17.